The lowest BCUT2D eigenvalue weighted by Crippen LogP contribution is -2.47. The lowest BCUT2D eigenvalue weighted by Gasteiger charge is -2.23. The van der Waals surface area contributed by atoms with E-state index >= 15 is 0 Å². The van der Waals surface area contributed by atoms with Gasteiger partial charge < -0.3 is 9.88 Å². The van der Waals surface area contributed by atoms with Crippen LogP contribution in [0.2, 0.25) is 0 Å². The molecule has 2 aromatic rings. The number of carbonyl (C=O) groups is 1. The van der Waals surface area contributed by atoms with Gasteiger partial charge in [-0.1, -0.05) is 19.9 Å². The molecule has 0 aromatic carbocycles. The van der Waals surface area contributed by atoms with Crippen molar-refractivity contribution in [2.24, 2.45) is 0 Å². The molecule has 3 atom stereocenters. The molecule has 1 aliphatic heterocycles. The van der Waals surface area contributed by atoms with Gasteiger partial charge in [0.2, 0.25) is 5.91 Å². The molecule has 0 spiro atoms. The predicted molar refractivity (Wildman–Crippen MR) is 96.0 cm³/mol. The minimum Gasteiger partial charge on any atom is -0.339 e. The van der Waals surface area contributed by atoms with Gasteiger partial charge in [-0.15, -0.1) is 0 Å². The van der Waals surface area contributed by atoms with Crippen LogP contribution in [0.5, 0.6) is 0 Å². The molecule has 7 nitrogen and oxygen atoms in total. The smallest absolute Gasteiger partial charge is 0.339 e. The Morgan fingerprint density at radius 2 is 2.14 bits per heavy atom. The van der Waals surface area contributed by atoms with E-state index in [1.165, 1.54) is 18.3 Å². The third-order valence-corrected chi connectivity index (χ3v) is 4.61. The number of alkyl halides is 3. The molecule has 1 aliphatic rings. The number of rotatable bonds is 6. The highest BCUT2D eigenvalue weighted by atomic mass is 19.4. The number of nitrogens with zero attached hydrogens (tertiary/aromatic N) is 3. The normalized spacial score (nSPS) is 21.1. The van der Waals surface area contributed by atoms with Crippen LogP contribution >= 0.6 is 0 Å². The lowest BCUT2D eigenvalue weighted by atomic mass is 10.1. The maximum Gasteiger partial charge on any atom is 0.412 e. The molecule has 10 heteroatoms. The van der Waals surface area contributed by atoms with Crippen LogP contribution < -0.4 is 16.2 Å². The average molecular weight is 396 g/mol. The van der Waals surface area contributed by atoms with Gasteiger partial charge in [-0.3, -0.25) is 15.2 Å². The van der Waals surface area contributed by atoms with E-state index < -0.39 is 24.2 Å². The fourth-order valence-electron chi connectivity index (χ4n) is 3.27. The van der Waals surface area contributed by atoms with Crippen molar-refractivity contribution in [1.29, 1.82) is 0 Å². The highest BCUT2D eigenvalue weighted by Gasteiger charge is 2.43. The number of amides is 1. The van der Waals surface area contributed by atoms with Gasteiger partial charge in [0.1, 0.15) is 11.9 Å². The van der Waals surface area contributed by atoms with Crippen molar-refractivity contribution in [3.05, 3.63) is 48.3 Å². The number of pyridine rings is 1. The second-order valence-electron chi connectivity index (χ2n) is 7.14. The molecule has 3 N–H and O–H groups in total. The monoisotopic (exact) mass is 396 g/mol. The fraction of sp³-hybridized carbons (Fsp3) is 0.500. The summed E-state index contributed by atoms with van der Waals surface area (Å²) >= 11 is 0. The zero-order valence-electron chi connectivity index (χ0n) is 15.6. The lowest BCUT2D eigenvalue weighted by molar-refractivity contribution is -0.164. The first kappa shape index (κ1) is 20.3. The Labute approximate surface area is 160 Å². The number of carbonyl (C=O) groups excluding carboxylic acids is 1. The van der Waals surface area contributed by atoms with E-state index in [1.807, 2.05) is 24.6 Å². The molecule has 28 heavy (non-hydrogen) atoms. The zero-order chi connectivity index (χ0) is 20.3. The largest absolute Gasteiger partial charge is 0.412 e. The molecule has 1 saturated heterocycles. The van der Waals surface area contributed by atoms with Crippen molar-refractivity contribution in [2.75, 3.05) is 0 Å². The molecule has 0 saturated carbocycles. The molecule has 0 bridgehead atoms. The molecule has 1 fully saturated rings. The van der Waals surface area contributed by atoms with Crippen molar-refractivity contribution in [3.63, 3.8) is 0 Å². The maximum atomic E-state index is 13.4. The Morgan fingerprint density at radius 1 is 1.36 bits per heavy atom. The summed E-state index contributed by atoms with van der Waals surface area (Å²) in [5.41, 5.74) is 5.68. The van der Waals surface area contributed by atoms with Crippen LogP contribution in [0.15, 0.2) is 36.9 Å². The van der Waals surface area contributed by atoms with Gasteiger partial charge in [-0.05, 0) is 12.5 Å². The molecule has 2 aromatic heterocycles. The number of imidazole rings is 1. The highest BCUT2D eigenvalue weighted by molar-refractivity contribution is 5.82. The SMILES string of the molecule is CC(C)c1nccn1CC1CC(C(=O)NC(c2cccnc2)C(F)(F)F)NN1. The van der Waals surface area contributed by atoms with Crippen LogP contribution in [0, 0.1) is 0 Å². The fourth-order valence-corrected chi connectivity index (χ4v) is 3.27. The van der Waals surface area contributed by atoms with Gasteiger partial charge >= 0.3 is 6.18 Å². The molecule has 152 valence electrons. The van der Waals surface area contributed by atoms with Gasteiger partial charge in [0, 0.05) is 48.9 Å². The van der Waals surface area contributed by atoms with Gasteiger partial charge in [0.05, 0.1) is 0 Å². The van der Waals surface area contributed by atoms with E-state index in [0.29, 0.717) is 13.0 Å². The van der Waals surface area contributed by atoms with Crippen molar-refractivity contribution < 1.29 is 18.0 Å². The summed E-state index contributed by atoms with van der Waals surface area (Å²) in [6.45, 7) is 4.63. The summed E-state index contributed by atoms with van der Waals surface area (Å²) in [4.78, 5) is 20.5. The van der Waals surface area contributed by atoms with E-state index in [1.54, 1.807) is 6.20 Å². The maximum absolute atomic E-state index is 13.4. The second-order valence-corrected chi connectivity index (χ2v) is 7.14. The first-order valence-corrected chi connectivity index (χ1v) is 9.04. The van der Waals surface area contributed by atoms with E-state index in [4.69, 9.17) is 0 Å². The van der Waals surface area contributed by atoms with Crippen molar-refractivity contribution in [3.8, 4) is 0 Å². The van der Waals surface area contributed by atoms with E-state index in [9.17, 15) is 18.0 Å². The summed E-state index contributed by atoms with van der Waals surface area (Å²) in [6.07, 6.45) is 1.80. The summed E-state index contributed by atoms with van der Waals surface area (Å²) in [7, 11) is 0. The average Bonchev–Trinajstić information content (AvgIpc) is 3.29. The molecule has 3 heterocycles. The predicted octanol–water partition coefficient (Wildman–Crippen LogP) is 2.06. The van der Waals surface area contributed by atoms with Crippen LogP contribution in [0.3, 0.4) is 0 Å². The molecule has 3 rings (SSSR count). The number of aromatic nitrogens is 3. The van der Waals surface area contributed by atoms with Gasteiger partial charge in [0.25, 0.3) is 0 Å². The second kappa shape index (κ2) is 8.27. The molecule has 3 unspecified atom stereocenters. The summed E-state index contributed by atoms with van der Waals surface area (Å²) in [5.74, 6) is 0.454. The van der Waals surface area contributed by atoms with Crippen LogP contribution in [0.25, 0.3) is 0 Å². The highest BCUT2D eigenvalue weighted by Crippen LogP contribution is 2.32. The van der Waals surface area contributed by atoms with Crippen LogP contribution in [-0.4, -0.2) is 38.7 Å². The standard InChI is InChI=1S/C18H23F3N6O/c1-11(2)16-23-6-7-27(16)10-13-8-14(26-25-13)17(28)24-15(18(19,20)21)12-4-3-5-22-9-12/h3-7,9,11,13-15,25-26H,8,10H2,1-2H3,(H,24,28). The quantitative estimate of drug-likeness (QED) is 0.696. The van der Waals surface area contributed by atoms with Gasteiger partial charge in [0.15, 0.2) is 6.04 Å². The molecule has 0 radical (unpaired) electrons. The number of nitrogens with one attached hydrogen (secondary N) is 3. The van der Waals surface area contributed by atoms with E-state index in [2.05, 4.69) is 26.1 Å². The summed E-state index contributed by atoms with van der Waals surface area (Å²) < 4.78 is 42.2. The zero-order valence-corrected chi connectivity index (χ0v) is 15.6. The third kappa shape index (κ3) is 4.68. The summed E-state index contributed by atoms with van der Waals surface area (Å²) in [6, 6.07) is -0.275. The first-order valence-electron chi connectivity index (χ1n) is 9.04. The number of hydrogen-bond acceptors (Lipinski definition) is 5. The van der Waals surface area contributed by atoms with Gasteiger partial charge in [-0.25, -0.2) is 10.4 Å². The van der Waals surface area contributed by atoms with E-state index in [-0.39, 0.29) is 17.5 Å². The Bertz CT molecular complexity index is 792. The van der Waals surface area contributed by atoms with E-state index in [0.717, 1.165) is 12.0 Å². The number of halogens is 3. The van der Waals surface area contributed by atoms with Crippen LogP contribution in [0.4, 0.5) is 13.2 Å². The number of hydrogen-bond donors (Lipinski definition) is 3. The Kier molecular flexibility index (Phi) is 5.99. The number of hydrazine groups is 1. The first-order chi connectivity index (χ1) is 13.3. The minimum absolute atomic E-state index is 0.106. The van der Waals surface area contributed by atoms with Gasteiger partial charge in [-0.2, -0.15) is 13.2 Å². The minimum atomic E-state index is -4.62. The van der Waals surface area contributed by atoms with Crippen LogP contribution in [0.1, 0.15) is 43.6 Å². The Morgan fingerprint density at radius 3 is 2.79 bits per heavy atom. The third-order valence-electron chi connectivity index (χ3n) is 4.61. The topological polar surface area (TPSA) is 83.9 Å². The van der Waals surface area contributed by atoms with Crippen molar-refractivity contribution in [1.82, 2.24) is 30.7 Å². The van der Waals surface area contributed by atoms with Crippen LogP contribution in [-0.2, 0) is 11.3 Å². The van der Waals surface area contributed by atoms with Crippen molar-refractivity contribution >= 4 is 5.91 Å². The van der Waals surface area contributed by atoms with Crippen molar-refractivity contribution in [2.45, 2.75) is 57.0 Å². The Hall–Kier alpha value is -2.46. The Balaban J connectivity index is 1.63. The summed E-state index contributed by atoms with van der Waals surface area (Å²) in [5, 5.41) is 2.10. The molecule has 0 aliphatic carbocycles. The molecule has 1 amide bonds. The molecular formula is C18H23F3N6O. The molecular weight excluding hydrogens is 373 g/mol.